The molecule has 1 aliphatic rings. The molecule has 0 aliphatic heterocycles. The van der Waals surface area contributed by atoms with Crippen molar-refractivity contribution in [1.29, 1.82) is 0 Å². The Kier molecular flexibility index (Phi) is 3.88. The van der Waals surface area contributed by atoms with Crippen molar-refractivity contribution in [3.63, 3.8) is 0 Å². The Morgan fingerprint density at radius 2 is 1.95 bits per heavy atom. The molecule has 1 amide bonds. The van der Waals surface area contributed by atoms with E-state index in [1.807, 2.05) is 0 Å². The minimum Gasteiger partial charge on any atom is -0.480 e. The van der Waals surface area contributed by atoms with Crippen molar-refractivity contribution in [1.82, 2.24) is 5.32 Å². The first-order valence-electron chi connectivity index (χ1n) is 6.35. The highest BCUT2D eigenvalue weighted by Gasteiger charge is 2.43. The van der Waals surface area contributed by atoms with E-state index in [-0.39, 0.29) is 18.4 Å². The van der Waals surface area contributed by atoms with Crippen LogP contribution in [0.3, 0.4) is 0 Å². The number of benzene rings is 1. The minimum atomic E-state index is -1.40. The van der Waals surface area contributed by atoms with E-state index < -0.39 is 33.8 Å². The van der Waals surface area contributed by atoms with Gasteiger partial charge in [0.25, 0.3) is 11.6 Å². The Morgan fingerprint density at radius 1 is 1.33 bits per heavy atom. The largest absolute Gasteiger partial charge is 0.480 e. The molecule has 1 fully saturated rings. The van der Waals surface area contributed by atoms with Gasteiger partial charge in [0.05, 0.1) is 11.0 Å². The third-order valence-electron chi connectivity index (χ3n) is 3.62. The van der Waals surface area contributed by atoms with Gasteiger partial charge in [-0.2, -0.15) is 0 Å². The number of nitrogens with one attached hydrogen (secondary N) is 1. The molecule has 0 heterocycles. The van der Waals surface area contributed by atoms with Gasteiger partial charge in [0.15, 0.2) is 0 Å². The number of nitro benzene ring substituents is 1. The number of amides is 1. The summed E-state index contributed by atoms with van der Waals surface area (Å²) in [7, 11) is 0. The van der Waals surface area contributed by atoms with Gasteiger partial charge in [-0.1, -0.05) is 12.8 Å². The number of carbonyl (C=O) groups excluding carboxylic acids is 1. The van der Waals surface area contributed by atoms with Gasteiger partial charge in [0, 0.05) is 0 Å². The number of halogens is 1. The van der Waals surface area contributed by atoms with E-state index in [4.69, 9.17) is 0 Å². The average Bonchev–Trinajstić information content (AvgIpc) is 2.88. The molecule has 21 heavy (non-hydrogen) atoms. The van der Waals surface area contributed by atoms with Crippen molar-refractivity contribution in [3.8, 4) is 0 Å². The Morgan fingerprint density at radius 3 is 2.48 bits per heavy atom. The Labute approximate surface area is 118 Å². The smallest absolute Gasteiger partial charge is 0.329 e. The first kappa shape index (κ1) is 14.9. The molecule has 0 unspecified atom stereocenters. The van der Waals surface area contributed by atoms with Crippen LogP contribution in [-0.4, -0.2) is 27.4 Å². The molecule has 1 aromatic rings. The van der Waals surface area contributed by atoms with E-state index in [9.17, 15) is 29.2 Å². The summed E-state index contributed by atoms with van der Waals surface area (Å²) in [4.78, 5) is 33.5. The van der Waals surface area contributed by atoms with Crippen LogP contribution >= 0.6 is 0 Å². The van der Waals surface area contributed by atoms with Crippen LogP contribution in [0.4, 0.5) is 10.1 Å². The standard InChI is InChI=1S/C13H13FN2O5/c14-8-3-4-9(10(7-8)16(20)21)11(17)15-13(12(18)19)5-1-2-6-13/h3-4,7H,1-2,5-6H2,(H,15,17)(H,18,19). The summed E-state index contributed by atoms with van der Waals surface area (Å²) >= 11 is 0. The lowest BCUT2D eigenvalue weighted by molar-refractivity contribution is -0.385. The van der Waals surface area contributed by atoms with Crippen LogP contribution in [0.2, 0.25) is 0 Å². The lowest BCUT2D eigenvalue weighted by Crippen LogP contribution is -2.52. The fourth-order valence-corrected chi connectivity index (χ4v) is 2.50. The average molecular weight is 296 g/mol. The zero-order valence-corrected chi connectivity index (χ0v) is 11.0. The van der Waals surface area contributed by atoms with Crippen LogP contribution in [0, 0.1) is 15.9 Å². The van der Waals surface area contributed by atoms with Crippen LogP contribution < -0.4 is 5.32 Å². The predicted octanol–water partition coefficient (Wildman–Crippen LogP) is 1.86. The lowest BCUT2D eigenvalue weighted by atomic mass is 9.97. The number of hydrogen-bond donors (Lipinski definition) is 2. The number of nitro groups is 1. The summed E-state index contributed by atoms with van der Waals surface area (Å²) in [5.41, 5.74) is -2.45. The Balaban J connectivity index is 2.32. The Hall–Kier alpha value is -2.51. The molecular formula is C13H13FN2O5. The molecule has 0 spiro atoms. The van der Waals surface area contributed by atoms with Crippen molar-refractivity contribution in [2.45, 2.75) is 31.2 Å². The summed E-state index contributed by atoms with van der Waals surface area (Å²) in [6.07, 6.45) is 1.84. The molecular weight excluding hydrogens is 283 g/mol. The monoisotopic (exact) mass is 296 g/mol. The molecule has 2 rings (SSSR count). The maximum Gasteiger partial charge on any atom is 0.329 e. The highest BCUT2D eigenvalue weighted by atomic mass is 19.1. The summed E-state index contributed by atoms with van der Waals surface area (Å²) < 4.78 is 13.0. The van der Waals surface area contributed by atoms with Crippen molar-refractivity contribution in [3.05, 3.63) is 39.7 Å². The van der Waals surface area contributed by atoms with Crippen molar-refractivity contribution in [2.24, 2.45) is 0 Å². The molecule has 0 radical (unpaired) electrons. The van der Waals surface area contributed by atoms with Crippen molar-refractivity contribution in [2.75, 3.05) is 0 Å². The van der Waals surface area contributed by atoms with E-state index in [0.717, 1.165) is 12.1 Å². The normalized spacial score (nSPS) is 16.4. The number of rotatable bonds is 4. The van der Waals surface area contributed by atoms with Gasteiger partial charge in [0.1, 0.15) is 16.9 Å². The minimum absolute atomic E-state index is 0.267. The van der Waals surface area contributed by atoms with E-state index >= 15 is 0 Å². The third kappa shape index (κ3) is 2.83. The molecule has 7 nitrogen and oxygen atoms in total. The molecule has 8 heteroatoms. The highest BCUT2D eigenvalue weighted by molar-refractivity contribution is 6.01. The van der Waals surface area contributed by atoms with E-state index in [1.165, 1.54) is 0 Å². The van der Waals surface area contributed by atoms with Gasteiger partial charge in [-0.25, -0.2) is 9.18 Å². The van der Waals surface area contributed by atoms with Gasteiger partial charge >= 0.3 is 5.97 Å². The zero-order valence-electron chi connectivity index (χ0n) is 11.0. The zero-order chi connectivity index (χ0) is 15.6. The maximum absolute atomic E-state index is 13.0. The SMILES string of the molecule is O=C(NC1(C(=O)O)CCCC1)c1ccc(F)cc1[N+](=O)[O-]. The first-order chi connectivity index (χ1) is 9.85. The fraction of sp³-hybridized carbons (Fsp3) is 0.385. The molecule has 1 aromatic carbocycles. The number of carboxylic acids is 1. The quantitative estimate of drug-likeness (QED) is 0.651. The Bertz CT molecular complexity index is 611. The number of hydrogen-bond acceptors (Lipinski definition) is 4. The molecule has 1 aliphatic carbocycles. The second-order valence-corrected chi connectivity index (χ2v) is 4.97. The van der Waals surface area contributed by atoms with Gasteiger partial charge in [-0.05, 0) is 25.0 Å². The molecule has 2 N–H and O–H groups in total. The predicted molar refractivity (Wildman–Crippen MR) is 69.4 cm³/mol. The summed E-state index contributed by atoms with van der Waals surface area (Å²) in [6.45, 7) is 0. The first-order valence-corrected chi connectivity index (χ1v) is 6.35. The molecule has 0 aromatic heterocycles. The molecule has 0 atom stereocenters. The molecule has 112 valence electrons. The topological polar surface area (TPSA) is 110 Å². The second-order valence-electron chi connectivity index (χ2n) is 4.97. The second kappa shape index (κ2) is 5.47. The van der Waals surface area contributed by atoms with Crippen molar-refractivity contribution < 1.29 is 24.0 Å². The van der Waals surface area contributed by atoms with Crippen LogP contribution in [-0.2, 0) is 4.79 Å². The maximum atomic E-state index is 13.0. The summed E-state index contributed by atoms with van der Waals surface area (Å²) in [5.74, 6) is -2.89. The van der Waals surface area contributed by atoms with Crippen LogP contribution in [0.1, 0.15) is 36.0 Å². The number of aliphatic carboxylic acids is 1. The van der Waals surface area contributed by atoms with Gasteiger partial charge in [0.2, 0.25) is 0 Å². The van der Waals surface area contributed by atoms with Crippen molar-refractivity contribution >= 4 is 17.6 Å². The van der Waals surface area contributed by atoms with E-state index in [1.54, 1.807) is 0 Å². The highest BCUT2D eigenvalue weighted by Crippen LogP contribution is 2.31. The lowest BCUT2D eigenvalue weighted by Gasteiger charge is -2.25. The van der Waals surface area contributed by atoms with Gasteiger partial charge in [-0.3, -0.25) is 14.9 Å². The summed E-state index contributed by atoms with van der Waals surface area (Å²) in [5, 5.41) is 22.5. The van der Waals surface area contributed by atoms with Gasteiger partial charge in [-0.15, -0.1) is 0 Å². The number of carbonyl (C=O) groups is 2. The van der Waals surface area contributed by atoms with Gasteiger partial charge < -0.3 is 10.4 Å². The van der Waals surface area contributed by atoms with E-state index in [0.29, 0.717) is 18.9 Å². The molecule has 1 saturated carbocycles. The van der Waals surface area contributed by atoms with Crippen LogP contribution in [0.5, 0.6) is 0 Å². The molecule has 0 bridgehead atoms. The fourth-order valence-electron chi connectivity index (χ4n) is 2.50. The van der Waals surface area contributed by atoms with Crippen LogP contribution in [0.25, 0.3) is 0 Å². The number of carboxylic acid groups (broad SMARTS) is 1. The summed E-state index contributed by atoms with van der Waals surface area (Å²) in [6, 6.07) is 2.54. The van der Waals surface area contributed by atoms with E-state index in [2.05, 4.69) is 5.32 Å². The van der Waals surface area contributed by atoms with Crippen LogP contribution in [0.15, 0.2) is 18.2 Å². The third-order valence-corrected chi connectivity index (χ3v) is 3.62. The molecule has 0 saturated heterocycles. The number of nitrogens with zero attached hydrogens (tertiary/aromatic N) is 1.